The van der Waals surface area contributed by atoms with Gasteiger partial charge in [0.05, 0.1) is 16.7 Å². The standard InChI is InChI=1S/C13H15BrFN3/c1-3-18-8-10(7-17-18)13(16-2)9-4-5-11(14)12(15)6-9/h4-8,13,16H,3H2,1-2H3. The summed E-state index contributed by atoms with van der Waals surface area (Å²) >= 11 is 3.16. The largest absolute Gasteiger partial charge is 0.309 e. The first-order valence-corrected chi connectivity index (χ1v) is 6.59. The molecule has 2 rings (SSSR count). The number of nitrogens with one attached hydrogen (secondary N) is 1. The Balaban J connectivity index is 2.35. The maximum absolute atomic E-state index is 13.6. The molecule has 1 aromatic heterocycles. The fourth-order valence-corrected chi connectivity index (χ4v) is 2.17. The molecule has 0 radical (unpaired) electrons. The molecule has 1 aromatic carbocycles. The summed E-state index contributed by atoms with van der Waals surface area (Å²) in [6.45, 7) is 2.86. The van der Waals surface area contributed by atoms with Crippen molar-refractivity contribution in [1.82, 2.24) is 15.1 Å². The predicted molar refractivity (Wildman–Crippen MR) is 72.9 cm³/mol. The van der Waals surface area contributed by atoms with Crippen LogP contribution in [-0.4, -0.2) is 16.8 Å². The normalized spacial score (nSPS) is 12.7. The fraction of sp³-hybridized carbons (Fsp3) is 0.308. The molecule has 1 heterocycles. The van der Waals surface area contributed by atoms with Crippen molar-refractivity contribution in [3.05, 3.63) is 52.0 Å². The molecule has 1 unspecified atom stereocenters. The van der Waals surface area contributed by atoms with E-state index in [0.717, 1.165) is 17.7 Å². The van der Waals surface area contributed by atoms with Crippen LogP contribution in [0.4, 0.5) is 4.39 Å². The molecule has 0 aliphatic heterocycles. The zero-order valence-electron chi connectivity index (χ0n) is 10.3. The lowest BCUT2D eigenvalue weighted by atomic mass is 10.0. The lowest BCUT2D eigenvalue weighted by Gasteiger charge is -2.15. The molecular formula is C13H15BrFN3. The Labute approximate surface area is 114 Å². The Hall–Kier alpha value is -1.20. The molecule has 1 N–H and O–H groups in total. The summed E-state index contributed by atoms with van der Waals surface area (Å²) in [4.78, 5) is 0. The molecule has 0 saturated heterocycles. The van der Waals surface area contributed by atoms with Gasteiger partial charge < -0.3 is 5.32 Å². The van der Waals surface area contributed by atoms with Crippen molar-refractivity contribution in [3.8, 4) is 0 Å². The van der Waals surface area contributed by atoms with E-state index >= 15 is 0 Å². The number of aryl methyl sites for hydroxylation is 1. The third kappa shape index (κ3) is 2.62. The van der Waals surface area contributed by atoms with E-state index < -0.39 is 0 Å². The molecule has 0 amide bonds. The quantitative estimate of drug-likeness (QED) is 0.940. The van der Waals surface area contributed by atoms with E-state index in [4.69, 9.17) is 0 Å². The van der Waals surface area contributed by atoms with Crippen LogP contribution in [0.15, 0.2) is 35.1 Å². The topological polar surface area (TPSA) is 29.9 Å². The molecule has 0 saturated carbocycles. The van der Waals surface area contributed by atoms with Crippen LogP contribution in [0.2, 0.25) is 0 Å². The molecule has 18 heavy (non-hydrogen) atoms. The van der Waals surface area contributed by atoms with Gasteiger partial charge in [0.25, 0.3) is 0 Å². The van der Waals surface area contributed by atoms with Crippen LogP contribution in [0.25, 0.3) is 0 Å². The number of aromatic nitrogens is 2. The summed E-state index contributed by atoms with van der Waals surface area (Å²) in [5.74, 6) is -0.254. The van der Waals surface area contributed by atoms with Gasteiger partial charge in [0, 0.05) is 18.3 Å². The highest BCUT2D eigenvalue weighted by atomic mass is 79.9. The summed E-state index contributed by atoms with van der Waals surface area (Å²) in [5.41, 5.74) is 1.91. The minimum Gasteiger partial charge on any atom is -0.309 e. The number of halogens is 2. The van der Waals surface area contributed by atoms with Crippen LogP contribution >= 0.6 is 15.9 Å². The van der Waals surface area contributed by atoms with Crippen LogP contribution in [0.3, 0.4) is 0 Å². The van der Waals surface area contributed by atoms with E-state index in [-0.39, 0.29) is 11.9 Å². The van der Waals surface area contributed by atoms with Crippen molar-refractivity contribution in [2.45, 2.75) is 19.5 Å². The van der Waals surface area contributed by atoms with Gasteiger partial charge in [0.15, 0.2) is 0 Å². The highest BCUT2D eigenvalue weighted by Crippen LogP contribution is 2.25. The maximum Gasteiger partial charge on any atom is 0.137 e. The molecule has 0 spiro atoms. The Morgan fingerprint density at radius 1 is 1.44 bits per heavy atom. The van der Waals surface area contributed by atoms with Crippen LogP contribution in [0.1, 0.15) is 24.1 Å². The molecule has 2 aromatic rings. The minimum absolute atomic E-state index is 0.0482. The van der Waals surface area contributed by atoms with Gasteiger partial charge in [-0.3, -0.25) is 4.68 Å². The zero-order valence-corrected chi connectivity index (χ0v) is 11.9. The number of nitrogens with zero attached hydrogens (tertiary/aromatic N) is 2. The summed E-state index contributed by atoms with van der Waals surface area (Å²) in [5, 5.41) is 7.43. The van der Waals surface area contributed by atoms with E-state index in [1.165, 1.54) is 6.07 Å². The number of rotatable bonds is 4. The summed E-state index contributed by atoms with van der Waals surface area (Å²) in [7, 11) is 1.86. The first kappa shape index (κ1) is 13.2. The minimum atomic E-state index is -0.254. The van der Waals surface area contributed by atoms with Crippen molar-refractivity contribution < 1.29 is 4.39 Å². The molecule has 0 aliphatic rings. The van der Waals surface area contributed by atoms with Crippen molar-refractivity contribution in [2.24, 2.45) is 0 Å². The van der Waals surface area contributed by atoms with Gasteiger partial charge in [0.1, 0.15) is 5.82 Å². The third-order valence-corrected chi connectivity index (χ3v) is 3.52. The highest BCUT2D eigenvalue weighted by Gasteiger charge is 2.15. The Morgan fingerprint density at radius 2 is 2.22 bits per heavy atom. The SMILES string of the molecule is CCn1cc(C(NC)c2ccc(Br)c(F)c2)cn1. The number of hydrogen-bond acceptors (Lipinski definition) is 2. The lowest BCUT2D eigenvalue weighted by Crippen LogP contribution is -2.17. The molecule has 0 aliphatic carbocycles. The van der Waals surface area contributed by atoms with Gasteiger partial charge in [-0.25, -0.2) is 4.39 Å². The first-order valence-electron chi connectivity index (χ1n) is 5.80. The van der Waals surface area contributed by atoms with Gasteiger partial charge in [0.2, 0.25) is 0 Å². The molecular weight excluding hydrogens is 297 g/mol. The second-order valence-corrected chi connectivity index (χ2v) is 4.88. The van der Waals surface area contributed by atoms with E-state index in [1.54, 1.807) is 6.07 Å². The average Bonchev–Trinajstić information content (AvgIpc) is 2.83. The Bertz CT molecular complexity index is 539. The monoisotopic (exact) mass is 311 g/mol. The zero-order chi connectivity index (χ0) is 13.1. The average molecular weight is 312 g/mol. The smallest absolute Gasteiger partial charge is 0.137 e. The Kier molecular flexibility index (Phi) is 4.14. The van der Waals surface area contributed by atoms with Crippen LogP contribution in [0.5, 0.6) is 0 Å². The lowest BCUT2D eigenvalue weighted by molar-refractivity contribution is 0.610. The van der Waals surface area contributed by atoms with Crippen LogP contribution in [-0.2, 0) is 6.54 Å². The number of benzene rings is 1. The molecule has 96 valence electrons. The van der Waals surface area contributed by atoms with Crippen molar-refractivity contribution >= 4 is 15.9 Å². The second-order valence-electron chi connectivity index (χ2n) is 4.02. The van der Waals surface area contributed by atoms with E-state index in [0.29, 0.717) is 4.47 Å². The first-order chi connectivity index (χ1) is 8.65. The van der Waals surface area contributed by atoms with Gasteiger partial charge in [-0.1, -0.05) is 6.07 Å². The fourth-order valence-electron chi connectivity index (χ4n) is 1.92. The van der Waals surface area contributed by atoms with Crippen LogP contribution in [0, 0.1) is 5.82 Å². The molecule has 0 fully saturated rings. The van der Waals surface area contributed by atoms with Gasteiger partial charge >= 0.3 is 0 Å². The van der Waals surface area contributed by atoms with Crippen molar-refractivity contribution in [3.63, 3.8) is 0 Å². The molecule has 0 bridgehead atoms. The maximum atomic E-state index is 13.6. The Morgan fingerprint density at radius 3 is 2.78 bits per heavy atom. The van der Waals surface area contributed by atoms with E-state index in [9.17, 15) is 4.39 Å². The molecule has 5 heteroatoms. The summed E-state index contributed by atoms with van der Waals surface area (Å²) in [6.07, 6.45) is 3.78. The summed E-state index contributed by atoms with van der Waals surface area (Å²) < 4.78 is 15.9. The van der Waals surface area contributed by atoms with E-state index in [2.05, 4.69) is 26.3 Å². The van der Waals surface area contributed by atoms with Crippen molar-refractivity contribution in [2.75, 3.05) is 7.05 Å². The van der Waals surface area contributed by atoms with Crippen molar-refractivity contribution in [1.29, 1.82) is 0 Å². The van der Waals surface area contributed by atoms with Gasteiger partial charge in [-0.15, -0.1) is 0 Å². The predicted octanol–water partition coefficient (Wildman–Crippen LogP) is 3.11. The second kappa shape index (κ2) is 5.63. The van der Waals surface area contributed by atoms with Gasteiger partial charge in [-0.05, 0) is 47.6 Å². The molecule has 3 nitrogen and oxygen atoms in total. The third-order valence-electron chi connectivity index (χ3n) is 2.88. The molecule has 1 atom stereocenters. The number of hydrogen-bond donors (Lipinski definition) is 1. The van der Waals surface area contributed by atoms with Crippen LogP contribution < -0.4 is 5.32 Å². The van der Waals surface area contributed by atoms with E-state index in [1.807, 2.05) is 37.1 Å². The van der Waals surface area contributed by atoms with Gasteiger partial charge in [-0.2, -0.15) is 5.10 Å². The summed E-state index contributed by atoms with van der Waals surface area (Å²) in [6, 6.07) is 5.11. The highest BCUT2D eigenvalue weighted by molar-refractivity contribution is 9.10.